The van der Waals surface area contributed by atoms with Crippen LogP contribution in [0.3, 0.4) is 0 Å². The van der Waals surface area contributed by atoms with E-state index in [1.807, 2.05) is 0 Å². The van der Waals surface area contributed by atoms with Crippen LogP contribution in [0.25, 0.3) is 11.4 Å². The standard InChI is InChI=1S/C16H13F2N3O3S/c1-10-8-11(6-7-13(10)17)25(22,23)19-9-15-20-16(21-24-15)12-4-2-3-5-14(12)18/h2-8,19H,9H2,1H3. The van der Waals surface area contributed by atoms with Gasteiger partial charge >= 0.3 is 0 Å². The average molecular weight is 365 g/mol. The quantitative estimate of drug-likeness (QED) is 0.751. The first-order valence-electron chi connectivity index (χ1n) is 7.20. The van der Waals surface area contributed by atoms with Crippen LogP contribution in [-0.4, -0.2) is 18.6 Å². The topological polar surface area (TPSA) is 85.1 Å². The van der Waals surface area contributed by atoms with Gasteiger partial charge in [0, 0.05) is 0 Å². The molecule has 0 aliphatic rings. The van der Waals surface area contributed by atoms with Gasteiger partial charge in [-0.05, 0) is 42.8 Å². The Hall–Kier alpha value is -2.65. The number of sulfonamides is 1. The molecule has 2 aromatic carbocycles. The van der Waals surface area contributed by atoms with E-state index in [0.717, 1.165) is 12.1 Å². The molecule has 0 aliphatic carbocycles. The molecular weight excluding hydrogens is 352 g/mol. The summed E-state index contributed by atoms with van der Waals surface area (Å²) in [4.78, 5) is 3.88. The Balaban J connectivity index is 1.75. The fraction of sp³-hybridized carbons (Fsp3) is 0.125. The van der Waals surface area contributed by atoms with Gasteiger partial charge in [0.25, 0.3) is 0 Å². The zero-order valence-corrected chi connectivity index (χ0v) is 13.8. The van der Waals surface area contributed by atoms with Crippen LogP contribution >= 0.6 is 0 Å². The number of aromatic nitrogens is 2. The van der Waals surface area contributed by atoms with Gasteiger partial charge in [0.15, 0.2) is 0 Å². The number of hydrogen-bond acceptors (Lipinski definition) is 5. The lowest BCUT2D eigenvalue weighted by Crippen LogP contribution is -2.23. The zero-order valence-electron chi connectivity index (χ0n) is 13.0. The first kappa shape index (κ1) is 17.2. The van der Waals surface area contributed by atoms with Crippen LogP contribution < -0.4 is 4.72 Å². The summed E-state index contributed by atoms with van der Waals surface area (Å²) in [6, 6.07) is 9.33. The summed E-state index contributed by atoms with van der Waals surface area (Å²) in [6.07, 6.45) is 0. The van der Waals surface area contributed by atoms with Crippen LogP contribution in [-0.2, 0) is 16.6 Å². The van der Waals surface area contributed by atoms with Crippen molar-refractivity contribution in [3.05, 3.63) is 65.6 Å². The Labute approximate surface area is 142 Å². The second-order valence-electron chi connectivity index (χ2n) is 5.23. The number of aryl methyl sites for hydroxylation is 1. The van der Waals surface area contributed by atoms with Crippen LogP contribution in [0.15, 0.2) is 51.9 Å². The molecule has 0 saturated heterocycles. The molecule has 25 heavy (non-hydrogen) atoms. The molecule has 9 heteroatoms. The molecule has 0 atom stereocenters. The lowest BCUT2D eigenvalue weighted by molar-refractivity contribution is 0.375. The van der Waals surface area contributed by atoms with Gasteiger partial charge in [-0.25, -0.2) is 21.9 Å². The third-order valence-electron chi connectivity index (χ3n) is 3.44. The van der Waals surface area contributed by atoms with E-state index < -0.39 is 21.7 Å². The van der Waals surface area contributed by atoms with Gasteiger partial charge in [-0.1, -0.05) is 17.3 Å². The third-order valence-corrected chi connectivity index (χ3v) is 4.83. The van der Waals surface area contributed by atoms with Crippen molar-refractivity contribution in [3.63, 3.8) is 0 Å². The van der Waals surface area contributed by atoms with Crippen molar-refractivity contribution in [2.24, 2.45) is 0 Å². The first-order chi connectivity index (χ1) is 11.9. The Morgan fingerprint density at radius 3 is 2.60 bits per heavy atom. The molecule has 1 aromatic heterocycles. The smallest absolute Gasteiger partial charge is 0.242 e. The SMILES string of the molecule is Cc1cc(S(=O)(=O)NCc2nc(-c3ccccc3F)no2)ccc1F. The molecule has 3 aromatic rings. The van der Waals surface area contributed by atoms with E-state index in [1.165, 1.54) is 31.2 Å². The normalized spacial score (nSPS) is 11.6. The molecule has 6 nitrogen and oxygen atoms in total. The number of rotatable bonds is 5. The fourth-order valence-electron chi connectivity index (χ4n) is 2.10. The van der Waals surface area contributed by atoms with Gasteiger partial charge < -0.3 is 4.52 Å². The minimum atomic E-state index is -3.88. The highest BCUT2D eigenvalue weighted by atomic mass is 32.2. The van der Waals surface area contributed by atoms with E-state index in [2.05, 4.69) is 14.9 Å². The van der Waals surface area contributed by atoms with Gasteiger partial charge in [0.1, 0.15) is 11.6 Å². The van der Waals surface area contributed by atoms with E-state index in [9.17, 15) is 17.2 Å². The van der Waals surface area contributed by atoms with E-state index in [4.69, 9.17) is 4.52 Å². The summed E-state index contributed by atoms with van der Waals surface area (Å²) < 4.78 is 58.6. The summed E-state index contributed by atoms with van der Waals surface area (Å²) in [5.41, 5.74) is 0.358. The van der Waals surface area contributed by atoms with Gasteiger partial charge in [-0.15, -0.1) is 0 Å². The van der Waals surface area contributed by atoms with Gasteiger partial charge in [-0.2, -0.15) is 4.98 Å². The van der Waals surface area contributed by atoms with Crippen molar-refractivity contribution >= 4 is 10.0 Å². The molecule has 0 amide bonds. The van der Waals surface area contributed by atoms with Crippen molar-refractivity contribution in [3.8, 4) is 11.4 Å². The summed E-state index contributed by atoms with van der Waals surface area (Å²) in [5.74, 6) is -1.02. The highest BCUT2D eigenvalue weighted by Gasteiger charge is 2.18. The van der Waals surface area contributed by atoms with Crippen LogP contribution in [0.5, 0.6) is 0 Å². The fourth-order valence-corrected chi connectivity index (χ4v) is 3.16. The molecule has 1 heterocycles. The molecule has 0 saturated carbocycles. The van der Waals surface area contributed by atoms with Crippen molar-refractivity contribution < 1.29 is 21.7 Å². The van der Waals surface area contributed by atoms with E-state index in [0.29, 0.717) is 0 Å². The highest BCUT2D eigenvalue weighted by molar-refractivity contribution is 7.89. The Bertz CT molecular complexity index is 1020. The molecular formula is C16H13F2N3O3S. The minimum Gasteiger partial charge on any atom is -0.338 e. The van der Waals surface area contributed by atoms with E-state index >= 15 is 0 Å². The van der Waals surface area contributed by atoms with Gasteiger partial charge in [0.2, 0.25) is 21.7 Å². The number of nitrogens with one attached hydrogen (secondary N) is 1. The number of nitrogens with zero attached hydrogens (tertiary/aromatic N) is 2. The number of halogens is 2. The summed E-state index contributed by atoms with van der Waals surface area (Å²) in [7, 11) is -3.88. The van der Waals surface area contributed by atoms with Crippen LogP contribution in [0.4, 0.5) is 8.78 Å². The Morgan fingerprint density at radius 2 is 1.88 bits per heavy atom. The lowest BCUT2D eigenvalue weighted by atomic mass is 10.2. The second kappa shape index (κ2) is 6.69. The summed E-state index contributed by atoms with van der Waals surface area (Å²) >= 11 is 0. The average Bonchev–Trinajstić information content (AvgIpc) is 3.05. The molecule has 0 radical (unpaired) electrons. The van der Waals surface area contributed by atoms with Gasteiger partial charge in [-0.3, -0.25) is 0 Å². The van der Waals surface area contributed by atoms with Gasteiger partial charge in [0.05, 0.1) is 17.0 Å². The maximum atomic E-state index is 13.7. The summed E-state index contributed by atoms with van der Waals surface area (Å²) in [6.45, 7) is 1.19. The molecule has 0 bridgehead atoms. The first-order valence-corrected chi connectivity index (χ1v) is 8.68. The molecule has 0 spiro atoms. The van der Waals surface area contributed by atoms with Crippen LogP contribution in [0, 0.1) is 18.6 Å². The molecule has 1 N–H and O–H groups in total. The Morgan fingerprint density at radius 1 is 1.12 bits per heavy atom. The summed E-state index contributed by atoms with van der Waals surface area (Å²) in [5, 5.41) is 3.64. The van der Waals surface area contributed by atoms with E-state index in [1.54, 1.807) is 6.07 Å². The lowest BCUT2D eigenvalue weighted by Gasteiger charge is -2.05. The molecule has 0 unspecified atom stereocenters. The van der Waals surface area contributed by atoms with Crippen molar-refractivity contribution in [1.29, 1.82) is 0 Å². The largest absolute Gasteiger partial charge is 0.338 e. The maximum Gasteiger partial charge on any atom is 0.242 e. The third kappa shape index (κ3) is 3.72. The Kier molecular flexibility index (Phi) is 4.60. The van der Waals surface area contributed by atoms with Crippen molar-refractivity contribution in [1.82, 2.24) is 14.9 Å². The number of benzene rings is 2. The molecule has 3 rings (SSSR count). The van der Waals surface area contributed by atoms with Crippen molar-refractivity contribution in [2.45, 2.75) is 18.4 Å². The maximum absolute atomic E-state index is 13.7. The predicted molar refractivity (Wildman–Crippen MR) is 84.9 cm³/mol. The predicted octanol–water partition coefficient (Wildman–Crippen LogP) is 2.80. The monoisotopic (exact) mass is 365 g/mol. The van der Waals surface area contributed by atoms with Crippen molar-refractivity contribution in [2.75, 3.05) is 0 Å². The molecule has 0 aliphatic heterocycles. The zero-order chi connectivity index (χ0) is 18.0. The second-order valence-corrected chi connectivity index (χ2v) is 6.99. The molecule has 0 fully saturated rings. The minimum absolute atomic E-state index is 0.0184. The highest BCUT2D eigenvalue weighted by Crippen LogP contribution is 2.19. The van der Waals surface area contributed by atoms with E-state index in [-0.39, 0.29) is 34.3 Å². The van der Waals surface area contributed by atoms with Crippen LogP contribution in [0.1, 0.15) is 11.5 Å². The van der Waals surface area contributed by atoms with Crippen LogP contribution in [0.2, 0.25) is 0 Å². The number of hydrogen-bond donors (Lipinski definition) is 1. The molecule has 130 valence electrons.